The Bertz CT molecular complexity index is 408. The summed E-state index contributed by atoms with van der Waals surface area (Å²) in [6, 6.07) is 4.94. The van der Waals surface area contributed by atoms with E-state index in [1.165, 1.54) is 0 Å². The van der Waals surface area contributed by atoms with E-state index in [2.05, 4.69) is 9.82 Å². The highest BCUT2D eigenvalue weighted by Crippen LogP contribution is 2.27. The molecule has 0 fully saturated rings. The van der Waals surface area contributed by atoms with Crippen molar-refractivity contribution in [1.29, 1.82) is 0 Å². The predicted molar refractivity (Wildman–Crippen MR) is 44.8 cm³/mol. The SMILES string of the molecule is NOc1c[nH]c2ccc(O)cc12. The first-order chi connectivity index (χ1) is 5.81. The molecule has 2 rings (SSSR count). The van der Waals surface area contributed by atoms with Crippen molar-refractivity contribution in [2.24, 2.45) is 5.90 Å². The lowest BCUT2D eigenvalue weighted by molar-refractivity contribution is 0.338. The number of nitrogens with two attached hydrogens (primary N) is 1. The zero-order valence-corrected chi connectivity index (χ0v) is 6.24. The molecule has 4 nitrogen and oxygen atoms in total. The molecular formula is C8H8N2O2. The van der Waals surface area contributed by atoms with Gasteiger partial charge in [-0.25, -0.2) is 0 Å². The molecule has 0 saturated carbocycles. The molecule has 12 heavy (non-hydrogen) atoms. The minimum absolute atomic E-state index is 0.195. The number of fused-ring (bicyclic) bond motifs is 1. The summed E-state index contributed by atoms with van der Waals surface area (Å²) in [5.74, 6) is 5.73. The molecule has 0 unspecified atom stereocenters. The molecule has 0 spiro atoms. The van der Waals surface area contributed by atoms with Gasteiger partial charge < -0.3 is 14.9 Å². The number of aromatic amines is 1. The second-order valence-electron chi connectivity index (χ2n) is 2.50. The number of H-pyrrole nitrogens is 1. The summed E-state index contributed by atoms with van der Waals surface area (Å²) in [5, 5.41) is 9.93. The molecule has 1 aromatic carbocycles. The molecule has 4 N–H and O–H groups in total. The number of phenolic OH excluding ortho intramolecular Hbond substituents is 1. The van der Waals surface area contributed by atoms with Gasteiger partial charge in [0.1, 0.15) is 5.75 Å². The maximum atomic E-state index is 9.16. The van der Waals surface area contributed by atoms with Gasteiger partial charge in [0.15, 0.2) is 5.75 Å². The fourth-order valence-corrected chi connectivity index (χ4v) is 1.18. The average Bonchev–Trinajstić information content (AvgIpc) is 2.46. The smallest absolute Gasteiger partial charge is 0.172 e. The van der Waals surface area contributed by atoms with Crippen LogP contribution in [0.5, 0.6) is 11.5 Å². The Morgan fingerprint density at radius 2 is 2.25 bits per heavy atom. The maximum absolute atomic E-state index is 9.16. The first-order valence-electron chi connectivity index (χ1n) is 3.48. The summed E-state index contributed by atoms with van der Waals surface area (Å²) >= 11 is 0. The zero-order valence-electron chi connectivity index (χ0n) is 6.24. The van der Waals surface area contributed by atoms with Crippen LogP contribution in [-0.2, 0) is 0 Å². The Morgan fingerprint density at radius 1 is 1.42 bits per heavy atom. The second-order valence-corrected chi connectivity index (χ2v) is 2.50. The lowest BCUT2D eigenvalue weighted by Gasteiger charge is -1.95. The number of aromatic nitrogens is 1. The summed E-state index contributed by atoms with van der Waals surface area (Å²) < 4.78 is 0. The van der Waals surface area contributed by atoms with Gasteiger partial charge >= 0.3 is 0 Å². The van der Waals surface area contributed by atoms with Crippen LogP contribution in [0.2, 0.25) is 0 Å². The van der Waals surface area contributed by atoms with Gasteiger partial charge in [0, 0.05) is 17.1 Å². The number of hydrogen-bond acceptors (Lipinski definition) is 3. The summed E-state index contributed by atoms with van der Waals surface area (Å²) in [6.45, 7) is 0. The molecule has 0 aliphatic carbocycles. The van der Waals surface area contributed by atoms with Crippen molar-refractivity contribution in [3.8, 4) is 11.5 Å². The summed E-state index contributed by atoms with van der Waals surface area (Å²) in [4.78, 5) is 7.53. The molecule has 0 saturated heterocycles. The van der Waals surface area contributed by atoms with Gasteiger partial charge in [0.25, 0.3) is 0 Å². The number of rotatable bonds is 1. The quantitative estimate of drug-likeness (QED) is 0.553. The normalized spacial score (nSPS) is 10.4. The van der Waals surface area contributed by atoms with E-state index in [1.54, 1.807) is 24.4 Å². The van der Waals surface area contributed by atoms with Crippen LogP contribution in [0.4, 0.5) is 0 Å². The lowest BCUT2D eigenvalue weighted by atomic mass is 10.2. The molecule has 0 bridgehead atoms. The maximum Gasteiger partial charge on any atom is 0.172 e. The largest absolute Gasteiger partial charge is 0.508 e. The fourth-order valence-electron chi connectivity index (χ4n) is 1.18. The lowest BCUT2D eigenvalue weighted by Crippen LogP contribution is -2.00. The van der Waals surface area contributed by atoms with Crippen molar-refractivity contribution in [1.82, 2.24) is 4.98 Å². The van der Waals surface area contributed by atoms with Crippen molar-refractivity contribution in [2.75, 3.05) is 0 Å². The molecule has 1 heterocycles. The molecule has 1 aromatic heterocycles. The molecule has 0 radical (unpaired) electrons. The van der Waals surface area contributed by atoms with E-state index in [4.69, 9.17) is 11.0 Å². The van der Waals surface area contributed by atoms with Crippen LogP contribution in [0, 0.1) is 0 Å². The monoisotopic (exact) mass is 164 g/mol. The van der Waals surface area contributed by atoms with E-state index in [-0.39, 0.29) is 5.75 Å². The number of benzene rings is 1. The van der Waals surface area contributed by atoms with Crippen LogP contribution < -0.4 is 10.7 Å². The molecular weight excluding hydrogens is 156 g/mol. The third kappa shape index (κ3) is 0.895. The zero-order chi connectivity index (χ0) is 8.55. The fraction of sp³-hybridized carbons (Fsp3) is 0. The van der Waals surface area contributed by atoms with Gasteiger partial charge in [0.05, 0.1) is 0 Å². The molecule has 4 heteroatoms. The van der Waals surface area contributed by atoms with Crippen molar-refractivity contribution >= 4 is 10.9 Å². The number of phenols is 1. The number of aromatic hydroxyl groups is 1. The highest BCUT2D eigenvalue weighted by atomic mass is 16.6. The second kappa shape index (κ2) is 2.42. The number of nitrogens with one attached hydrogen (secondary N) is 1. The molecule has 2 aromatic rings. The van der Waals surface area contributed by atoms with E-state index in [9.17, 15) is 0 Å². The average molecular weight is 164 g/mol. The standard InChI is InChI=1S/C8H8N2O2/c9-12-8-4-10-7-2-1-5(11)3-6(7)8/h1-4,10-11H,9H2. The van der Waals surface area contributed by atoms with Crippen molar-refractivity contribution in [3.63, 3.8) is 0 Å². The van der Waals surface area contributed by atoms with Crippen LogP contribution >= 0.6 is 0 Å². The first kappa shape index (κ1) is 7.00. The van der Waals surface area contributed by atoms with Gasteiger partial charge in [-0.05, 0) is 18.2 Å². The highest BCUT2D eigenvalue weighted by molar-refractivity contribution is 5.87. The Balaban J connectivity index is 2.75. The molecule has 0 aliphatic heterocycles. The van der Waals surface area contributed by atoms with Crippen LogP contribution in [0.1, 0.15) is 0 Å². The van der Waals surface area contributed by atoms with E-state index in [0.29, 0.717) is 5.75 Å². The van der Waals surface area contributed by atoms with E-state index in [1.807, 2.05) is 0 Å². The molecule has 0 aliphatic rings. The highest BCUT2D eigenvalue weighted by Gasteiger charge is 2.03. The van der Waals surface area contributed by atoms with Crippen LogP contribution in [-0.4, -0.2) is 10.1 Å². The third-order valence-electron chi connectivity index (χ3n) is 1.75. The van der Waals surface area contributed by atoms with Crippen molar-refractivity contribution in [3.05, 3.63) is 24.4 Å². The summed E-state index contributed by atoms with van der Waals surface area (Å²) in [5.41, 5.74) is 0.883. The van der Waals surface area contributed by atoms with Gasteiger partial charge in [0.2, 0.25) is 0 Å². The summed E-state index contributed by atoms with van der Waals surface area (Å²) in [6.07, 6.45) is 1.64. The first-order valence-corrected chi connectivity index (χ1v) is 3.48. The molecule has 62 valence electrons. The van der Waals surface area contributed by atoms with Crippen LogP contribution in [0.25, 0.3) is 10.9 Å². The number of hydrogen-bond donors (Lipinski definition) is 3. The Morgan fingerprint density at radius 3 is 3.00 bits per heavy atom. The van der Waals surface area contributed by atoms with Gasteiger partial charge in [-0.15, -0.1) is 0 Å². The van der Waals surface area contributed by atoms with Gasteiger partial charge in [-0.3, -0.25) is 0 Å². The van der Waals surface area contributed by atoms with Crippen molar-refractivity contribution < 1.29 is 9.94 Å². The minimum atomic E-state index is 0.195. The van der Waals surface area contributed by atoms with E-state index in [0.717, 1.165) is 10.9 Å². The van der Waals surface area contributed by atoms with Crippen LogP contribution in [0.15, 0.2) is 24.4 Å². The Kier molecular flexibility index (Phi) is 1.41. The topological polar surface area (TPSA) is 71.3 Å². The third-order valence-corrected chi connectivity index (χ3v) is 1.75. The minimum Gasteiger partial charge on any atom is -0.508 e. The van der Waals surface area contributed by atoms with Gasteiger partial charge in [-0.2, -0.15) is 5.90 Å². The Labute approximate surface area is 68.5 Å². The van der Waals surface area contributed by atoms with Crippen molar-refractivity contribution in [2.45, 2.75) is 0 Å². The molecule has 0 amide bonds. The summed E-state index contributed by atoms with van der Waals surface area (Å²) in [7, 11) is 0. The van der Waals surface area contributed by atoms with E-state index >= 15 is 0 Å². The predicted octanol–water partition coefficient (Wildman–Crippen LogP) is 1.13. The van der Waals surface area contributed by atoms with Crippen LogP contribution in [0.3, 0.4) is 0 Å². The Hall–Kier alpha value is -1.68. The van der Waals surface area contributed by atoms with Gasteiger partial charge in [-0.1, -0.05) is 0 Å². The molecule has 0 atom stereocenters. The van der Waals surface area contributed by atoms with E-state index < -0.39 is 0 Å².